The zero-order valence-corrected chi connectivity index (χ0v) is 10.5. The normalized spacial score (nSPS) is 10.4. The predicted molar refractivity (Wildman–Crippen MR) is 76.8 cm³/mol. The Morgan fingerprint density at radius 3 is 2.70 bits per heavy atom. The molecule has 0 fully saturated rings. The van der Waals surface area contributed by atoms with Crippen LogP contribution < -0.4 is 10.7 Å². The van der Waals surface area contributed by atoms with Crippen LogP contribution >= 0.6 is 0 Å². The lowest BCUT2D eigenvalue weighted by Gasteiger charge is -2.04. The summed E-state index contributed by atoms with van der Waals surface area (Å²) >= 11 is 0. The molecule has 2 aromatic heterocycles. The molecule has 0 saturated heterocycles. The van der Waals surface area contributed by atoms with Crippen molar-refractivity contribution in [3.8, 4) is 0 Å². The van der Waals surface area contributed by atoms with Crippen molar-refractivity contribution in [1.29, 1.82) is 0 Å². The number of anilines is 1. The van der Waals surface area contributed by atoms with E-state index >= 15 is 0 Å². The number of fused-ring (bicyclic) bond motifs is 1. The van der Waals surface area contributed by atoms with Gasteiger partial charge in [0, 0.05) is 23.3 Å². The van der Waals surface area contributed by atoms with E-state index in [9.17, 15) is 9.59 Å². The number of hydrogen-bond acceptors (Lipinski definition) is 3. The number of nitrogens with zero attached hydrogens (tertiary/aromatic N) is 1. The lowest BCUT2D eigenvalue weighted by Crippen LogP contribution is -2.22. The Morgan fingerprint density at radius 2 is 1.90 bits per heavy atom. The summed E-state index contributed by atoms with van der Waals surface area (Å²) in [5.74, 6) is -0.0687. The molecule has 3 aromatic rings. The second-order valence-electron chi connectivity index (χ2n) is 4.25. The minimum absolute atomic E-state index is 0.0642. The number of carbonyl (C=O) groups is 1. The molecule has 0 aliphatic heterocycles. The first-order chi connectivity index (χ1) is 9.75. The fraction of sp³-hybridized carbons (Fsp3) is 0. The lowest BCUT2D eigenvalue weighted by molar-refractivity contribution is 0.102. The zero-order chi connectivity index (χ0) is 13.9. The summed E-state index contributed by atoms with van der Waals surface area (Å²) in [6.45, 7) is 0. The summed E-state index contributed by atoms with van der Waals surface area (Å²) in [4.78, 5) is 31.3. The van der Waals surface area contributed by atoms with Gasteiger partial charge in [-0.1, -0.05) is 18.2 Å². The van der Waals surface area contributed by atoms with Crippen LogP contribution in [-0.2, 0) is 0 Å². The van der Waals surface area contributed by atoms with E-state index in [4.69, 9.17) is 0 Å². The number of benzene rings is 1. The number of hydrogen-bond donors (Lipinski definition) is 2. The van der Waals surface area contributed by atoms with Crippen molar-refractivity contribution >= 4 is 22.6 Å². The Morgan fingerprint density at radius 1 is 1.10 bits per heavy atom. The Bertz CT molecular complexity index is 825. The van der Waals surface area contributed by atoms with Gasteiger partial charge >= 0.3 is 0 Å². The average molecular weight is 265 g/mol. The lowest BCUT2D eigenvalue weighted by atomic mass is 10.1. The van der Waals surface area contributed by atoms with Crippen molar-refractivity contribution in [2.24, 2.45) is 0 Å². The monoisotopic (exact) mass is 265 g/mol. The van der Waals surface area contributed by atoms with Crippen LogP contribution in [0.4, 0.5) is 5.82 Å². The second kappa shape index (κ2) is 4.97. The smallest absolute Gasteiger partial charge is 0.262 e. The fourth-order valence-corrected chi connectivity index (χ4v) is 1.96. The molecule has 0 radical (unpaired) electrons. The number of H-pyrrole nitrogens is 1. The summed E-state index contributed by atoms with van der Waals surface area (Å²) in [6.07, 6.45) is 2.99. The standard InChI is InChI=1S/C15H11N3O2/c19-14-10-5-1-2-6-12(10)17-9-11(14)15(20)18-13-7-3-4-8-16-13/h1-9H,(H,17,19)(H,16,18,20). The van der Waals surface area contributed by atoms with E-state index in [1.165, 1.54) is 6.20 Å². The number of rotatable bonds is 2. The van der Waals surface area contributed by atoms with Gasteiger partial charge in [0.15, 0.2) is 0 Å². The van der Waals surface area contributed by atoms with Crippen LogP contribution in [0.5, 0.6) is 0 Å². The van der Waals surface area contributed by atoms with E-state index in [2.05, 4.69) is 15.3 Å². The molecular formula is C15H11N3O2. The second-order valence-corrected chi connectivity index (χ2v) is 4.25. The molecule has 3 rings (SSSR count). The Labute approximate surface area is 114 Å². The Balaban J connectivity index is 2.00. The molecule has 0 aliphatic carbocycles. The Hall–Kier alpha value is -2.95. The highest BCUT2D eigenvalue weighted by molar-refractivity contribution is 6.05. The molecule has 0 spiro atoms. The first-order valence-electron chi connectivity index (χ1n) is 6.08. The number of para-hydroxylation sites is 1. The first kappa shape index (κ1) is 12.1. The van der Waals surface area contributed by atoms with Crippen LogP contribution in [0.1, 0.15) is 10.4 Å². The first-order valence-corrected chi connectivity index (χ1v) is 6.08. The molecule has 0 saturated carbocycles. The van der Waals surface area contributed by atoms with Crippen molar-refractivity contribution in [3.63, 3.8) is 0 Å². The highest BCUT2D eigenvalue weighted by Gasteiger charge is 2.13. The topological polar surface area (TPSA) is 74.8 Å². The minimum Gasteiger partial charge on any atom is -0.360 e. The van der Waals surface area contributed by atoms with Gasteiger partial charge in [-0.25, -0.2) is 4.98 Å². The van der Waals surface area contributed by atoms with Gasteiger partial charge in [0.1, 0.15) is 11.4 Å². The number of pyridine rings is 2. The largest absolute Gasteiger partial charge is 0.360 e. The number of carbonyl (C=O) groups excluding carboxylic acids is 1. The third-order valence-electron chi connectivity index (χ3n) is 2.94. The SMILES string of the molecule is O=C(Nc1ccccn1)c1c[nH]c2ccccc2c1=O. The van der Waals surface area contributed by atoms with Crippen molar-refractivity contribution in [1.82, 2.24) is 9.97 Å². The molecule has 0 atom stereocenters. The van der Waals surface area contributed by atoms with E-state index in [0.717, 1.165) is 0 Å². The van der Waals surface area contributed by atoms with E-state index < -0.39 is 5.91 Å². The van der Waals surface area contributed by atoms with Crippen LogP contribution in [0.3, 0.4) is 0 Å². The van der Waals surface area contributed by atoms with Crippen molar-refractivity contribution in [2.45, 2.75) is 0 Å². The molecular weight excluding hydrogens is 254 g/mol. The van der Waals surface area contributed by atoms with Gasteiger partial charge in [-0.05, 0) is 24.3 Å². The van der Waals surface area contributed by atoms with Crippen LogP contribution in [0, 0.1) is 0 Å². The highest BCUT2D eigenvalue weighted by atomic mass is 16.2. The zero-order valence-electron chi connectivity index (χ0n) is 10.5. The van der Waals surface area contributed by atoms with E-state index in [1.54, 1.807) is 42.6 Å². The number of aromatic amines is 1. The van der Waals surface area contributed by atoms with Gasteiger partial charge in [-0.3, -0.25) is 9.59 Å². The molecule has 98 valence electrons. The summed E-state index contributed by atoms with van der Waals surface area (Å²) < 4.78 is 0. The fourth-order valence-electron chi connectivity index (χ4n) is 1.96. The van der Waals surface area contributed by atoms with Gasteiger partial charge < -0.3 is 10.3 Å². The van der Waals surface area contributed by atoms with E-state index in [0.29, 0.717) is 16.7 Å². The third-order valence-corrected chi connectivity index (χ3v) is 2.94. The third kappa shape index (κ3) is 2.16. The van der Waals surface area contributed by atoms with Gasteiger partial charge in [0.2, 0.25) is 5.43 Å². The molecule has 0 bridgehead atoms. The maximum atomic E-state index is 12.3. The molecule has 1 amide bonds. The van der Waals surface area contributed by atoms with Crippen LogP contribution in [0.2, 0.25) is 0 Å². The quantitative estimate of drug-likeness (QED) is 0.745. The highest BCUT2D eigenvalue weighted by Crippen LogP contribution is 2.08. The summed E-state index contributed by atoms with van der Waals surface area (Å²) in [5.41, 5.74) is 0.467. The molecule has 0 aliphatic rings. The van der Waals surface area contributed by atoms with E-state index in [1.807, 2.05) is 6.07 Å². The van der Waals surface area contributed by atoms with E-state index in [-0.39, 0.29) is 11.0 Å². The van der Waals surface area contributed by atoms with Crippen LogP contribution in [0.25, 0.3) is 10.9 Å². The van der Waals surface area contributed by atoms with Gasteiger partial charge in [0.25, 0.3) is 5.91 Å². The molecule has 2 N–H and O–H groups in total. The molecule has 2 heterocycles. The maximum absolute atomic E-state index is 12.3. The minimum atomic E-state index is -0.476. The molecule has 5 heteroatoms. The summed E-state index contributed by atoms with van der Waals surface area (Å²) in [5, 5.41) is 3.08. The number of nitrogens with one attached hydrogen (secondary N) is 2. The van der Waals surface area contributed by atoms with Crippen molar-refractivity contribution in [2.75, 3.05) is 5.32 Å². The number of aromatic nitrogens is 2. The molecule has 1 aromatic carbocycles. The molecule has 5 nitrogen and oxygen atoms in total. The average Bonchev–Trinajstić information content (AvgIpc) is 2.49. The maximum Gasteiger partial charge on any atom is 0.262 e. The Kier molecular flexibility index (Phi) is 3.01. The van der Waals surface area contributed by atoms with Crippen LogP contribution in [-0.4, -0.2) is 15.9 Å². The van der Waals surface area contributed by atoms with Crippen molar-refractivity contribution < 1.29 is 4.79 Å². The predicted octanol–water partition coefficient (Wildman–Crippen LogP) is 2.18. The van der Waals surface area contributed by atoms with Crippen LogP contribution in [0.15, 0.2) is 59.7 Å². The van der Waals surface area contributed by atoms with Gasteiger partial charge in [-0.2, -0.15) is 0 Å². The summed E-state index contributed by atoms with van der Waals surface area (Å²) in [7, 11) is 0. The van der Waals surface area contributed by atoms with Gasteiger partial charge in [0.05, 0.1) is 0 Å². The summed E-state index contributed by atoms with van der Waals surface area (Å²) in [6, 6.07) is 12.2. The molecule has 20 heavy (non-hydrogen) atoms. The van der Waals surface area contributed by atoms with Crippen molar-refractivity contribution in [3.05, 3.63) is 70.6 Å². The molecule has 0 unspecified atom stereocenters. The van der Waals surface area contributed by atoms with Gasteiger partial charge in [-0.15, -0.1) is 0 Å². The number of amides is 1.